The second-order valence-electron chi connectivity index (χ2n) is 9.25. The third-order valence-corrected chi connectivity index (χ3v) is 7.21. The first-order valence-electron chi connectivity index (χ1n) is 11.3. The maximum atomic E-state index is 12.6. The number of carbonyl (C=O) groups is 2. The second-order valence-corrected chi connectivity index (χ2v) is 9.25. The summed E-state index contributed by atoms with van der Waals surface area (Å²) in [5, 5.41) is 3.18. The molecule has 0 radical (unpaired) electrons. The van der Waals surface area contributed by atoms with Crippen molar-refractivity contribution in [2.24, 2.45) is 11.3 Å². The maximum absolute atomic E-state index is 12.6. The van der Waals surface area contributed by atoms with E-state index in [2.05, 4.69) is 10.3 Å². The van der Waals surface area contributed by atoms with Gasteiger partial charge in [-0.15, -0.1) is 0 Å². The first-order valence-corrected chi connectivity index (χ1v) is 11.3. The molecular weight excluding hydrogens is 364 g/mol. The van der Waals surface area contributed by atoms with E-state index in [4.69, 9.17) is 0 Å². The van der Waals surface area contributed by atoms with Crippen LogP contribution < -0.4 is 5.32 Å². The summed E-state index contributed by atoms with van der Waals surface area (Å²) in [5.41, 5.74) is 1.10. The fourth-order valence-electron chi connectivity index (χ4n) is 5.26. The topological polar surface area (TPSA) is 65.5 Å². The Morgan fingerprint density at radius 2 is 1.93 bits per heavy atom. The Balaban J connectivity index is 1.27. The highest BCUT2D eigenvalue weighted by molar-refractivity contribution is 5.77. The zero-order chi connectivity index (χ0) is 20.1. The van der Waals surface area contributed by atoms with E-state index in [1.165, 1.54) is 32.1 Å². The number of nitrogens with one attached hydrogen (secondary N) is 1. The highest BCUT2D eigenvalue weighted by Gasteiger charge is 2.41. The van der Waals surface area contributed by atoms with Crippen LogP contribution in [-0.2, 0) is 11.3 Å². The number of carbonyl (C=O) groups excluding carboxylic acids is 2. The van der Waals surface area contributed by atoms with Gasteiger partial charge < -0.3 is 15.1 Å². The largest absolute Gasteiger partial charge is 0.338 e. The molecule has 1 aromatic rings. The van der Waals surface area contributed by atoms with Crippen molar-refractivity contribution in [3.05, 3.63) is 30.1 Å². The van der Waals surface area contributed by atoms with Crippen LogP contribution in [-0.4, -0.2) is 52.9 Å². The molecule has 1 N–H and O–H groups in total. The van der Waals surface area contributed by atoms with Gasteiger partial charge in [-0.25, -0.2) is 4.79 Å². The Bertz CT molecular complexity index is 694. The van der Waals surface area contributed by atoms with Crippen LogP contribution in [0.15, 0.2) is 24.4 Å². The minimum atomic E-state index is 0.0997. The van der Waals surface area contributed by atoms with Crippen molar-refractivity contribution in [3.8, 4) is 0 Å². The van der Waals surface area contributed by atoms with E-state index in [-0.39, 0.29) is 17.4 Å². The zero-order valence-electron chi connectivity index (χ0n) is 17.4. The fraction of sp³-hybridized carbons (Fsp3) is 0.696. The summed E-state index contributed by atoms with van der Waals surface area (Å²) in [4.78, 5) is 33.4. The quantitative estimate of drug-likeness (QED) is 0.843. The predicted octanol–water partition coefficient (Wildman–Crippen LogP) is 3.58. The first kappa shape index (κ1) is 20.2. The predicted molar refractivity (Wildman–Crippen MR) is 112 cm³/mol. The lowest BCUT2D eigenvalue weighted by Gasteiger charge is -2.47. The number of hydrogen-bond acceptors (Lipinski definition) is 3. The highest BCUT2D eigenvalue weighted by atomic mass is 16.2. The van der Waals surface area contributed by atoms with Gasteiger partial charge in [0.2, 0.25) is 5.91 Å². The Hall–Kier alpha value is -2.11. The lowest BCUT2D eigenvalue weighted by atomic mass is 9.72. The zero-order valence-corrected chi connectivity index (χ0v) is 17.4. The van der Waals surface area contributed by atoms with E-state index in [9.17, 15) is 9.59 Å². The average Bonchev–Trinajstić information content (AvgIpc) is 2.77. The molecule has 3 heterocycles. The Morgan fingerprint density at radius 3 is 2.66 bits per heavy atom. The Kier molecular flexibility index (Phi) is 6.36. The molecule has 0 bridgehead atoms. The monoisotopic (exact) mass is 398 g/mol. The van der Waals surface area contributed by atoms with Gasteiger partial charge in [0, 0.05) is 38.8 Å². The van der Waals surface area contributed by atoms with E-state index < -0.39 is 0 Å². The minimum Gasteiger partial charge on any atom is -0.338 e. The summed E-state index contributed by atoms with van der Waals surface area (Å²) in [6.07, 6.45) is 11.8. The maximum Gasteiger partial charge on any atom is 0.317 e. The number of aromatic nitrogens is 1. The van der Waals surface area contributed by atoms with Crippen LogP contribution in [0.1, 0.15) is 63.5 Å². The molecule has 6 nitrogen and oxygen atoms in total. The normalized spacial score (nSPS) is 22.7. The van der Waals surface area contributed by atoms with Crippen LogP contribution in [0.2, 0.25) is 0 Å². The molecule has 3 fully saturated rings. The SMILES string of the molecule is O=C1CCC2(CCN(C(=O)NCC3CCCCC3)CC2)CN1Cc1ccccn1. The van der Waals surface area contributed by atoms with Gasteiger partial charge in [-0.3, -0.25) is 9.78 Å². The van der Waals surface area contributed by atoms with Crippen LogP contribution in [0, 0.1) is 11.3 Å². The van der Waals surface area contributed by atoms with Gasteiger partial charge in [0.05, 0.1) is 12.2 Å². The van der Waals surface area contributed by atoms with E-state index in [1.54, 1.807) is 6.20 Å². The van der Waals surface area contributed by atoms with E-state index in [0.29, 0.717) is 18.9 Å². The van der Waals surface area contributed by atoms with Gasteiger partial charge in [-0.05, 0) is 55.6 Å². The summed E-state index contributed by atoms with van der Waals surface area (Å²) >= 11 is 0. The van der Waals surface area contributed by atoms with E-state index >= 15 is 0 Å². The molecule has 1 aromatic heterocycles. The number of rotatable bonds is 4. The first-order chi connectivity index (χ1) is 14.1. The molecule has 1 saturated carbocycles. The van der Waals surface area contributed by atoms with Crippen molar-refractivity contribution in [1.82, 2.24) is 20.1 Å². The summed E-state index contributed by atoms with van der Waals surface area (Å²) in [6, 6.07) is 5.95. The molecule has 2 saturated heterocycles. The molecule has 2 aliphatic heterocycles. The molecule has 3 aliphatic rings. The van der Waals surface area contributed by atoms with Gasteiger partial charge in [0.1, 0.15) is 0 Å². The van der Waals surface area contributed by atoms with Gasteiger partial charge in [-0.2, -0.15) is 0 Å². The van der Waals surface area contributed by atoms with Crippen molar-refractivity contribution in [2.75, 3.05) is 26.2 Å². The molecule has 6 heteroatoms. The number of pyridine rings is 1. The number of nitrogens with zero attached hydrogens (tertiary/aromatic N) is 3. The van der Waals surface area contributed by atoms with Crippen LogP contribution >= 0.6 is 0 Å². The molecule has 4 rings (SSSR count). The number of urea groups is 1. The van der Waals surface area contributed by atoms with Crippen LogP contribution in [0.5, 0.6) is 0 Å². The minimum absolute atomic E-state index is 0.0997. The molecule has 1 aliphatic carbocycles. The molecular formula is C23H34N4O2. The van der Waals surface area contributed by atoms with Crippen LogP contribution in [0.4, 0.5) is 4.79 Å². The van der Waals surface area contributed by atoms with Crippen molar-refractivity contribution < 1.29 is 9.59 Å². The number of hydrogen-bond donors (Lipinski definition) is 1. The van der Waals surface area contributed by atoms with E-state index in [1.807, 2.05) is 28.0 Å². The molecule has 0 unspecified atom stereocenters. The third kappa shape index (κ3) is 5.09. The molecule has 158 valence electrons. The molecule has 0 atom stereocenters. The van der Waals surface area contributed by atoms with Crippen LogP contribution in [0.25, 0.3) is 0 Å². The van der Waals surface area contributed by atoms with Gasteiger partial charge in [-0.1, -0.05) is 25.3 Å². The lowest BCUT2D eigenvalue weighted by molar-refractivity contribution is -0.139. The smallest absolute Gasteiger partial charge is 0.317 e. The van der Waals surface area contributed by atoms with E-state index in [0.717, 1.165) is 51.1 Å². The van der Waals surface area contributed by atoms with Crippen molar-refractivity contribution in [3.63, 3.8) is 0 Å². The second kappa shape index (κ2) is 9.14. The highest BCUT2D eigenvalue weighted by Crippen LogP contribution is 2.40. The summed E-state index contributed by atoms with van der Waals surface area (Å²) in [7, 11) is 0. The van der Waals surface area contributed by atoms with Crippen LogP contribution in [0.3, 0.4) is 0 Å². The molecule has 0 aromatic carbocycles. The number of piperidine rings is 2. The standard InChI is InChI=1S/C23H34N4O2/c28-21-9-10-23(18-27(21)17-20-8-4-5-13-24-20)11-14-26(15-12-23)22(29)25-16-19-6-2-1-3-7-19/h4-5,8,13,19H,1-3,6-7,9-12,14-18H2,(H,25,29). The molecule has 1 spiro atoms. The summed E-state index contributed by atoms with van der Waals surface area (Å²) in [6.45, 7) is 3.80. The van der Waals surface area contributed by atoms with Gasteiger partial charge in [0.15, 0.2) is 0 Å². The number of likely N-dealkylation sites (tertiary alicyclic amines) is 2. The summed E-state index contributed by atoms with van der Waals surface area (Å²) < 4.78 is 0. The third-order valence-electron chi connectivity index (χ3n) is 7.21. The average molecular weight is 399 g/mol. The van der Waals surface area contributed by atoms with Gasteiger partial charge >= 0.3 is 6.03 Å². The van der Waals surface area contributed by atoms with Crippen molar-refractivity contribution >= 4 is 11.9 Å². The summed E-state index contributed by atoms with van der Waals surface area (Å²) in [5.74, 6) is 0.891. The Morgan fingerprint density at radius 1 is 1.14 bits per heavy atom. The van der Waals surface area contributed by atoms with Crippen molar-refractivity contribution in [2.45, 2.75) is 64.3 Å². The van der Waals surface area contributed by atoms with Crippen molar-refractivity contribution in [1.29, 1.82) is 0 Å². The van der Waals surface area contributed by atoms with Gasteiger partial charge in [0.25, 0.3) is 0 Å². The molecule has 3 amide bonds. The fourth-order valence-corrected chi connectivity index (χ4v) is 5.26. The lowest BCUT2D eigenvalue weighted by Crippen LogP contribution is -2.53. The number of amides is 3. The Labute approximate surface area is 174 Å². The molecule has 29 heavy (non-hydrogen) atoms.